The number of nitrogens with one attached hydrogen (secondary N) is 2. The van der Waals surface area contributed by atoms with Gasteiger partial charge in [-0.05, 0) is 42.5 Å². The molecule has 0 bridgehead atoms. The van der Waals surface area contributed by atoms with Crippen molar-refractivity contribution in [1.29, 1.82) is 0 Å². The molecule has 2 rings (SSSR count). The second-order valence-electron chi connectivity index (χ2n) is 7.61. The number of nitrogens with zero attached hydrogens (tertiary/aromatic N) is 1. The maximum Gasteiger partial charge on any atom is 0.262 e. The van der Waals surface area contributed by atoms with Gasteiger partial charge in [0.25, 0.3) is 11.8 Å². The molecule has 1 aliphatic heterocycles. The van der Waals surface area contributed by atoms with Gasteiger partial charge in [-0.15, -0.1) is 0 Å². The van der Waals surface area contributed by atoms with Crippen LogP contribution in [0.1, 0.15) is 45.1 Å². The molecule has 1 saturated heterocycles. The molecule has 1 aliphatic rings. The largest absolute Gasteiger partial charge is 0.493 e. The highest BCUT2D eigenvalue weighted by atomic mass is 16.5. The highest BCUT2D eigenvalue weighted by Crippen LogP contribution is 2.28. The maximum absolute atomic E-state index is 12.0. The summed E-state index contributed by atoms with van der Waals surface area (Å²) in [6.45, 7) is 5.22. The molecular formula is C22H31N3O5. The summed E-state index contributed by atoms with van der Waals surface area (Å²) in [5.74, 6) is 0.677. The van der Waals surface area contributed by atoms with E-state index in [1.807, 2.05) is 6.07 Å². The lowest BCUT2D eigenvalue weighted by Gasteiger charge is -2.19. The second kappa shape index (κ2) is 11.8. The van der Waals surface area contributed by atoms with Gasteiger partial charge in [0.15, 0.2) is 11.5 Å². The third-order valence-corrected chi connectivity index (χ3v) is 4.52. The number of benzene rings is 1. The van der Waals surface area contributed by atoms with E-state index in [9.17, 15) is 14.4 Å². The van der Waals surface area contributed by atoms with E-state index in [-0.39, 0.29) is 12.5 Å². The van der Waals surface area contributed by atoms with Gasteiger partial charge in [0.2, 0.25) is 5.91 Å². The highest BCUT2D eigenvalue weighted by molar-refractivity contribution is 5.93. The normalized spacial score (nSPS) is 14.5. The summed E-state index contributed by atoms with van der Waals surface area (Å²) >= 11 is 0. The van der Waals surface area contributed by atoms with Crippen LogP contribution in [0.15, 0.2) is 24.3 Å². The van der Waals surface area contributed by atoms with Gasteiger partial charge < -0.3 is 14.4 Å². The first kappa shape index (κ1) is 23.3. The van der Waals surface area contributed by atoms with Crippen molar-refractivity contribution in [3.05, 3.63) is 29.8 Å². The Bertz CT molecular complexity index is 776. The van der Waals surface area contributed by atoms with Crippen LogP contribution < -0.4 is 20.3 Å². The number of hydrogen-bond donors (Lipinski definition) is 2. The minimum absolute atomic E-state index is 0.0244. The SMILES string of the molecule is COc1cc(/C=C/C(=O)NNC(=O)CN2CCCCCC2=O)ccc1OCC(C)C. The molecule has 3 amide bonds. The van der Waals surface area contributed by atoms with Gasteiger partial charge in [-0.1, -0.05) is 26.3 Å². The summed E-state index contributed by atoms with van der Waals surface area (Å²) in [6, 6.07) is 5.37. The molecule has 8 heteroatoms. The first-order chi connectivity index (χ1) is 14.4. The van der Waals surface area contributed by atoms with Crippen molar-refractivity contribution in [1.82, 2.24) is 15.8 Å². The first-order valence-electron chi connectivity index (χ1n) is 10.2. The first-order valence-corrected chi connectivity index (χ1v) is 10.2. The molecular weight excluding hydrogens is 386 g/mol. The van der Waals surface area contributed by atoms with Gasteiger partial charge in [-0.2, -0.15) is 0 Å². The number of likely N-dealkylation sites (tertiary alicyclic amines) is 1. The van der Waals surface area contributed by atoms with Gasteiger partial charge in [0, 0.05) is 19.0 Å². The third-order valence-electron chi connectivity index (χ3n) is 4.52. The smallest absolute Gasteiger partial charge is 0.262 e. The average molecular weight is 418 g/mol. The number of rotatable bonds is 8. The van der Waals surface area contributed by atoms with E-state index < -0.39 is 11.8 Å². The van der Waals surface area contributed by atoms with Crippen LogP contribution in [-0.4, -0.2) is 49.4 Å². The fraction of sp³-hybridized carbons (Fsp3) is 0.500. The minimum Gasteiger partial charge on any atom is -0.493 e. The number of ether oxygens (including phenoxy) is 2. The molecule has 0 aliphatic carbocycles. The van der Waals surface area contributed by atoms with Crippen LogP contribution in [0.2, 0.25) is 0 Å². The lowest BCUT2D eigenvalue weighted by molar-refractivity contribution is -0.136. The van der Waals surface area contributed by atoms with Crippen LogP contribution in [0.25, 0.3) is 6.08 Å². The van der Waals surface area contributed by atoms with Crippen LogP contribution in [0, 0.1) is 5.92 Å². The van der Waals surface area contributed by atoms with Crippen molar-refractivity contribution < 1.29 is 23.9 Å². The zero-order valence-corrected chi connectivity index (χ0v) is 17.9. The Morgan fingerprint density at radius 2 is 1.97 bits per heavy atom. The van der Waals surface area contributed by atoms with E-state index in [4.69, 9.17) is 9.47 Å². The predicted molar refractivity (Wildman–Crippen MR) is 114 cm³/mol. The zero-order chi connectivity index (χ0) is 21.9. The molecule has 2 N–H and O–H groups in total. The van der Waals surface area contributed by atoms with Gasteiger partial charge in [0.05, 0.1) is 13.7 Å². The Kier molecular flexibility index (Phi) is 9.18. The number of amides is 3. The molecule has 0 aromatic heterocycles. The van der Waals surface area contributed by atoms with Gasteiger partial charge in [0.1, 0.15) is 6.54 Å². The van der Waals surface area contributed by atoms with Crippen molar-refractivity contribution >= 4 is 23.8 Å². The number of hydrogen-bond acceptors (Lipinski definition) is 5. The van der Waals surface area contributed by atoms with Crippen LogP contribution >= 0.6 is 0 Å². The van der Waals surface area contributed by atoms with E-state index in [0.717, 1.165) is 24.8 Å². The quantitative estimate of drug-likeness (QED) is 0.500. The minimum atomic E-state index is -0.482. The Morgan fingerprint density at radius 1 is 1.17 bits per heavy atom. The van der Waals surface area contributed by atoms with Crippen LogP contribution in [0.3, 0.4) is 0 Å². The fourth-order valence-electron chi connectivity index (χ4n) is 2.93. The summed E-state index contributed by atoms with van der Waals surface area (Å²) in [4.78, 5) is 37.4. The number of carbonyl (C=O) groups is 3. The van der Waals surface area contributed by atoms with E-state index >= 15 is 0 Å². The lowest BCUT2D eigenvalue weighted by Crippen LogP contribution is -2.47. The Balaban J connectivity index is 1.83. The summed E-state index contributed by atoms with van der Waals surface area (Å²) in [7, 11) is 1.56. The molecule has 1 fully saturated rings. The predicted octanol–water partition coefficient (Wildman–Crippen LogP) is 2.29. The maximum atomic E-state index is 12.0. The summed E-state index contributed by atoms with van der Waals surface area (Å²) < 4.78 is 11.1. The number of hydrazine groups is 1. The fourth-order valence-corrected chi connectivity index (χ4v) is 2.93. The molecule has 1 aromatic carbocycles. The summed E-state index contributed by atoms with van der Waals surface area (Å²) in [6.07, 6.45) is 6.11. The summed E-state index contributed by atoms with van der Waals surface area (Å²) in [5, 5.41) is 0. The molecule has 0 saturated carbocycles. The Hall–Kier alpha value is -3.03. The van der Waals surface area contributed by atoms with Crippen molar-refractivity contribution in [2.24, 2.45) is 5.92 Å². The van der Waals surface area contributed by atoms with Crippen molar-refractivity contribution in [2.75, 3.05) is 26.8 Å². The van der Waals surface area contributed by atoms with Crippen LogP contribution in [0.5, 0.6) is 11.5 Å². The topological polar surface area (TPSA) is 97.0 Å². The summed E-state index contributed by atoms with van der Waals surface area (Å²) in [5.41, 5.74) is 5.41. The van der Waals surface area contributed by atoms with Crippen LogP contribution in [0.4, 0.5) is 0 Å². The zero-order valence-electron chi connectivity index (χ0n) is 17.9. The van der Waals surface area contributed by atoms with Gasteiger partial charge in [-0.25, -0.2) is 0 Å². The van der Waals surface area contributed by atoms with E-state index in [2.05, 4.69) is 24.7 Å². The monoisotopic (exact) mass is 417 g/mol. The van der Waals surface area contributed by atoms with Crippen molar-refractivity contribution in [2.45, 2.75) is 39.5 Å². The molecule has 1 heterocycles. The standard InChI is InChI=1S/C22H31N3O5/c1-16(2)15-30-18-10-8-17(13-19(18)29-3)9-11-20(26)23-24-21(27)14-25-12-6-4-5-7-22(25)28/h8-11,13,16H,4-7,12,14-15H2,1-3H3,(H,23,26)(H,24,27)/b11-9+. The van der Waals surface area contributed by atoms with Gasteiger partial charge in [-0.3, -0.25) is 25.2 Å². The highest BCUT2D eigenvalue weighted by Gasteiger charge is 2.19. The molecule has 0 radical (unpaired) electrons. The van der Waals surface area contributed by atoms with Crippen LogP contribution in [-0.2, 0) is 14.4 Å². The molecule has 0 unspecified atom stereocenters. The third kappa shape index (κ3) is 7.77. The molecule has 1 aromatic rings. The Labute approximate surface area is 177 Å². The molecule has 8 nitrogen and oxygen atoms in total. The van der Waals surface area contributed by atoms with E-state index in [1.54, 1.807) is 25.3 Å². The molecule has 30 heavy (non-hydrogen) atoms. The van der Waals surface area contributed by atoms with Crippen molar-refractivity contribution in [3.63, 3.8) is 0 Å². The van der Waals surface area contributed by atoms with Gasteiger partial charge >= 0.3 is 0 Å². The molecule has 164 valence electrons. The molecule has 0 atom stereocenters. The van der Waals surface area contributed by atoms with Crippen molar-refractivity contribution in [3.8, 4) is 11.5 Å². The van der Waals surface area contributed by atoms with E-state index in [1.165, 1.54) is 11.0 Å². The Morgan fingerprint density at radius 3 is 2.70 bits per heavy atom. The second-order valence-corrected chi connectivity index (χ2v) is 7.61. The lowest BCUT2D eigenvalue weighted by atomic mass is 10.2. The molecule has 0 spiro atoms. The number of methoxy groups -OCH3 is 1. The van der Waals surface area contributed by atoms with E-state index in [0.29, 0.717) is 37.0 Å². The number of carbonyl (C=O) groups excluding carboxylic acids is 3. The average Bonchev–Trinajstić information content (AvgIpc) is 2.93.